The molecule has 3 heteroatoms. The number of carbonyl (C=O) groups excluding carboxylic acids is 1. The van der Waals surface area contributed by atoms with Crippen LogP contribution >= 0.6 is 0 Å². The molecule has 116 valence electrons. The lowest BCUT2D eigenvalue weighted by molar-refractivity contribution is -0.143. The molecule has 1 aliphatic carbocycles. The van der Waals surface area contributed by atoms with Crippen LogP contribution in [-0.4, -0.2) is 37.0 Å². The first-order valence-electron chi connectivity index (χ1n) is 8.72. The Morgan fingerprint density at radius 3 is 2.40 bits per heavy atom. The lowest BCUT2D eigenvalue weighted by Crippen LogP contribution is -2.46. The van der Waals surface area contributed by atoms with E-state index in [-0.39, 0.29) is 5.41 Å². The van der Waals surface area contributed by atoms with Crippen LogP contribution < -0.4 is 5.32 Å². The molecular weight excluding hydrogens is 248 g/mol. The summed E-state index contributed by atoms with van der Waals surface area (Å²) in [5.41, 5.74) is -0.0118. The predicted octanol–water partition coefficient (Wildman–Crippen LogP) is 3.20. The Kier molecular flexibility index (Phi) is 5.88. The second-order valence-electron chi connectivity index (χ2n) is 6.79. The maximum absolute atomic E-state index is 13.1. The van der Waals surface area contributed by atoms with Gasteiger partial charge in [0.1, 0.15) is 0 Å². The summed E-state index contributed by atoms with van der Waals surface area (Å²) in [6.07, 6.45) is 9.29. The number of carbonyl (C=O) groups is 1. The standard InChI is InChI=1S/C17H32N2O/c1-3-13-19(14-15-7-11-18-12-8-15)16(20)17(4-2)9-5-6-10-17/h15,18H,3-14H2,1-2H3. The molecule has 2 aliphatic rings. The highest BCUT2D eigenvalue weighted by Gasteiger charge is 2.41. The van der Waals surface area contributed by atoms with Gasteiger partial charge in [0.05, 0.1) is 0 Å². The Hall–Kier alpha value is -0.570. The van der Waals surface area contributed by atoms with E-state index in [0.717, 1.165) is 51.9 Å². The number of rotatable bonds is 6. The average Bonchev–Trinajstić information content (AvgIpc) is 2.97. The maximum Gasteiger partial charge on any atom is 0.228 e. The largest absolute Gasteiger partial charge is 0.342 e. The SMILES string of the molecule is CCCN(CC1CCNCC1)C(=O)C1(CC)CCCC1. The molecule has 0 spiro atoms. The molecule has 1 saturated carbocycles. The van der Waals surface area contributed by atoms with Crippen molar-refractivity contribution >= 4 is 5.91 Å². The number of nitrogens with zero attached hydrogens (tertiary/aromatic N) is 1. The number of amides is 1. The molecule has 1 saturated heterocycles. The smallest absolute Gasteiger partial charge is 0.228 e. The normalized spacial score (nSPS) is 22.9. The van der Waals surface area contributed by atoms with E-state index >= 15 is 0 Å². The quantitative estimate of drug-likeness (QED) is 0.810. The van der Waals surface area contributed by atoms with Gasteiger partial charge in [-0.3, -0.25) is 4.79 Å². The molecule has 0 aromatic carbocycles. The van der Waals surface area contributed by atoms with Crippen LogP contribution in [0.4, 0.5) is 0 Å². The second kappa shape index (κ2) is 7.44. The number of nitrogens with one attached hydrogen (secondary N) is 1. The molecule has 1 amide bonds. The zero-order valence-corrected chi connectivity index (χ0v) is 13.4. The van der Waals surface area contributed by atoms with Crippen LogP contribution in [0.5, 0.6) is 0 Å². The fourth-order valence-electron chi connectivity index (χ4n) is 4.03. The topological polar surface area (TPSA) is 32.3 Å². The summed E-state index contributed by atoms with van der Waals surface area (Å²) in [5.74, 6) is 1.18. The minimum atomic E-state index is -0.0118. The summed E-state index contributed by atoms with van der Waals surface area (Å²) >= 11 is 0. The molecule has 20 heavy (non-hydrogen) atoms. The van der Waals surface area contributed by atoms with Crippen molar-refractivity contribution in [3.8, 4) is 0 Å². The van der Waals surface area contributed by atoms with Crippen molar-refractivity contribution in [2.24, 2.45) is 11.3 Å². The van der Waals surface area contributed by atoms with Gasteiger partial charge in [0, 0.05) is 18.5 Å². The van der Waals surface area contributed by atoms with E-state index in [1.54, 1.807) is 0 Å². The molecular formula is C17H32N2O. The molecule has 1 N–H and O–H groups in total. The van der Waals surface area contributed by atoms with Gasteiger partial charge in [-0.05, 0) is 57.5 Å². The van der Waals surface area contributed by atoms with E-state index in [1.807, 2.05) is 0 Å². The van der Waals surface area contributed by atoms with E-state index in [9.17, 15) is 4.79 Å². The highest BCUT2D eigenvalue weighted by molar-refractivity contribution is 5.83. The van der Waals surface area contributed by atoms with Gasteiger partial charge in [-0.15, -0.1) is 0 Å². The van der Waals surface area contributed by atoms with Gasteiger partial charge in [-0.2, -0.15) is 0 Å². The van der Waals surface area contributed by atoms with Crippen molar-refractivity contribution in [1.29, 1.82) is 0 Å². The van der Waals surface area contributed by atoms with Crippen molar-refractivity contribution in [1.82, 2.24) is 10.2 Å². The third-order valence-electron chi connectivity index (χ3n) is 5.41. The van der Waals surface area contributed by atoms with E-state index < -0.39 is 0 Å². The minimum absolute atomic E-state index is 0.0118. The van der Waals surface area contributed by atoms with E-state index in [1.165, 1.54) is 25.7 Å². The molecule has 0 aromatic rings. The predicted molar refractivity (Wildman–Crippen MR) is 83.7 cm³/mol. The summed E-state index contributed by atoms with van der Waals surface area (Å²) in [5, 5.41) is 3.42. The van der Waals surface area contributed by atoms with Gasteiger partial charge in [-0.25, -0.2) is 0 Å². The Bertz CT molecular complexity index is 304. The van der Waals surface area contributed by atoms with Crippen molar-refractivity contribution in [2.45, 2.75) is 65.2 Å². The van der Waals surface area contributed by atoms with Crippen LogP contribution in [0.15, 0.2) is 0 Å². The third-order valence-corrected chi connectivity index (χ3v) is 5.41. The maximum atomic E-state index is 13.1. The highest BCUT2D eigenvalue weighted by Crippen LogP contribution is 2.42. The number of hydrogen-bond donors (Lipinski definition) is 1. The van der Waals surface area contributed by atoms with Crippen LogP contribution in [0, 0.1) is 11.3 Å². The Morgan fingerprint density at radius 2 is 1.85 bits per heavy atom. The molecule has 3 nitrogen and oxygen atoms in total. The number of piperidine rings is 1. The van der Waals surface area contributed by atoms with Crippen LogP contribution in [0.2, 0.25) is 0 Å². The van der Waals surface area contributed by atoms with E-state index in [4.69, 9.17) is 0 Å². The summed E-state index contributed by atoms with van der Waals surface area (Å²) < 4.78 is 0. The summed E-state index contributed by atoms with van der Waals surface area (Å²) in [6, 6.07) is 0. The molecule has 0 atom stereocenters. The fraction of sp³-hybridized carbons (Fsp3) is 0.941. The summed E-state index contributed by atoms with van der Waals surface area (Å²) in [7, 11) is 0. The van der Waals surface area contributed by atoms with Crippen LogP contribution in [-0.2, 0) is 4.79 Å². The lowest BCUT2D eigenvalue weighted by Gasteiger charge is -2.36. The Morgan fingerprint density at radius 1 is 1.20 bits per heavy atom. The van der Waals surface area contributed by atoms with Gasteiger partial charge in [0.2, 0.25) is 5.91 Å². The van der Waals surface area contributed by atoms with Crippen LogP contribution in [0.3, 0.4) is 0 Å². The highest BCUT2D eigenvalue weighted by atomic mass is 16.2. The first-order valence-corrected chi connectivity index (χ1v) is 8.72. The van der Waals surface area contributed by atoms with Gasteiger partial charge >= 0.3 is 0 Å². The first kappa shape index (κ1) is 15.8. The van der Waals surface area contributed by atoms with E-state index in [2.05, 4.69) is 24.1 Å². The van der Waals surface area contributed by atoms with Crippen molar-refractivity contribution in [2.75, 3.05) is 26.2 Å². The molecule has 2 rings (SSSR count). The van der Waals surface area contributed by atoms with Crippen LogP contribution in [0.1, 0.15) is 65.2 Å². The van der Waals surface area contributed by atoms with Gasteiger partial charge in [0.15, 0.2) is 0 Å². The van der Waals surface area contributed by atoms with Gasteiger partial charge in [-0.1, -0.05) is 26.7 Å². The molecule has 2 fully saturated rings. The molecule has 1 aliphatic heterocycles. The second-order valence-corrected chi connectivity index (χ2v) is 6.79. The van der Waals surface area contributed by atoms with E-state index in [0.29, 0.717) is 11.8 Å². The molecule has 0 radical (unpaired) electrons. The Balaban J connectivity index is 2.00. The average molecular weight is 280 g/mol. The fourth-order valence-corrected chi connectivity index (χ4v) is 4.03. The zero-order valence-electron chi connectivity index (χ0n) is 13.4. The van der Waals surface area contributed by atoms with Gasteiger partial charge < -0.3 is 10.2 Å². The third kappa shape index (κ3) is 3.55. The van der Waals surface area contributed by atoms with Crippen molar-refractivity contribution in [3.05, 3.63) is 0 Å². The molecule has 0 bridgehead atoms. The molecule has 1 heterocycles. The summed E-state index contributed by atoms with van der Waals surface area (Å²) in [6.45, 7) is 8.59. The summed E-state index contributed by atoms with van der Waals surface area (Å²) in [4.78, 5) is 15.3. The van der Waals surface area contributed by atoms with Crippen molar-refractivity contribution in [3.63, 3.8) is 0 Å². The zero-order chi connectivity index (χ0) is 14.4. The van der Waals surface area contributed by atoms with Crippen molar-refractivity contribution < 1.29 is 4.79 Å². The monoisotopic (exact) mass is 280 g/mol. The first-order chi connectivity index (χ1) is 9.72. The van der Waals surface area contributed by atoms with Gasteiger partial charge in [0.25, 0.3) is 0 Å². The number of hydrogen-bond acceptors (Lipinski definition) is 2. The van der Waals surface area contributed by atoms with Crippen LogP contribution in [0.25, 0.3) is 0 Å². The lowest BCUT2D eigenvalue weighted by atomic mass is 9.81. The molecule has 0 unspecified atom stereocenters. The Labute approximate surface area is 124 Å². The molecule has 0 aromatic heterocycles. The minimum Gasteiger partial charge on any atom is -0.342 e.